The van der Waals surface area contributed by atoms with Crippen molar-refractivity contribution in [1.29, 1.82) is 0 Å². The largest absolute Gasteiger partial charge is 0.322 e. The van der Waals surface area contributed by atoms with Crippen LogP contribution in [0.15, 0.2) is 35.4 Å². The number of nitrogens with two attached hydrogens (primary N) is 1. The van der Waals surface area contributed by atoms with Crippen LogP contribution in [0, 0.1) is 0 Å². The van der Waals surface area contributed by atoms with E-state index in [0.29, 0.717) is 10.8 Å². The maximum absolute atomic E-state index is 6.27. The van der Waals surface area contributed by atoms with Crippen molar-refractivity contribution in [2.45, 2.75) is 30.8 Å². The van der Waals surface area contributed by atoms with Crippen molar-refractivity contribution < 1.29 is 0 Å². The standard InChI is InChI=1S/C14H17Cl2N3S/c1-9(2)19-14(11(16)7-18-19)12(17)8-20-13-6-4-3-5-10(13)15/h3-7,9,12H,8,17H2,1-2H3. The third-order valence-electron chi connectivity index (χ3n) is 2.88. The maximum atomic E-state index is 6.27. The van der Waals surface area contributed by atoms with E-state index in [4.69, 9.17) is 28.9 Å². The number of halogens is 2. The van der Waals surface area contributed by atoms with Gasteiger partial charge >= 0.3 is 0 Å². The fraction of sp³-hybridized carbons (Fsp3) is 0.357. The molecule has 0 bridgehead atoms. The van der Waals surface area contributed by atoms with E-state index < -0.39 is 0 Å². The first-order chi connectivity index (χ1) is 9.50. The van der Waals surface area contributed by atoms with Gasteiger partial charge in [-0.15, -0.1) is 11.8 Å². The Morgan fingerprint density at radius 1 is 1.25 bits per heavy atom. The Morgan fingerprint density at radius 2 is 1.95 bits per heavy atom. The van der Waals surface area contributed by atoms with Crippen LogP contribution in [-0.2, 0) is 0 Å². The van der Waals surface area contributed by atoms with Crippen molar-refractivity contribution in [3.8, 4) is 0 Å². The molecule has 1 aromatic carbocycles. The molecule has 0 fully saturated rings. The van der Waals surface area contributed by atoms with E-state index in [1.807, 2.05) is 28.9 Å². The van der Waals surface area contributed by atoms with Crippen LogP contribution in [0.5, 0.6) is 0 Å². The van der Waals surface area contributed by atoms with Gasteiger partial charge < -0.3 is 5.73 Å². The lowest BCUT2D eigenvalue weighted by Gasteiger charge is -2.17. The van der Waals surface area contributed by atoms with E-state index in [-0.39, 0.29) is 12.1 Å². The highest BCUT2D eigenvalue weighted by Crippen LogP contribution is 2.32. The molecule has 2 rings (SSSR count). The highest BCUT2D eigenvalue weighted by molar-refractivity contribution is 7.99. The summed E-state index contributed by atoms with van der Waals surface area (Å²) < 4.78 is 1.88. The summed E-state index contributed by atoms with van der Waals surface area (Å²) in [5, 5.41) is 5.64. The van der Waals surface area contributed by atoms with Gasteiger partial charge in [0.15, 0.2) is 0 Å². The van der Waals surface area contributed by atoms with E-state index in [2.05, 4.69) is 18.9 Å². The normalized spacial score (nSPS) is 12.9. The first kappa shape index (κ1) is 15.7. The second-order valence-electron chi connectivity index (χ2n) is 4.76. The molecule has 2 N–H and O–H groups in total. The molecule has 0 saturated carbocycles. The monoisotopic (exact) mass is 329 g/mol. The Balaban J connectivity index is 2.11. The Kier molecular flexibility index (Phi) is 5.38. The molecule has 0 aliphatic rings. The highest BCUT2D eigenvalue weighted by atomic mass is 35.5. The molecule has 0 aliphatic heterocycles. The Hall–Kier alpha value is -0.680. The minimum absolute atomic E-state index is 0.186. The maximum Gasteiger partial charge on any atom is 0.0834 e. The summed E-state index contributed by atoms with van der Waals surface area (Å²) in [5.41, 5.74) is 7.14. The van der Waals surface area contributed by atoms with Crippen LogP contribution in [0.25, 0.3) is 0 Å². The number of benzene rings is 1. The molecule has 2 aromatic rings. The minimum atomic E-state index is -0.186. The van der Waals surface area contributed by atoms with Gasteiger partial charge in [0.1, 0.15) is 0 Å². The van der Waals surface area contributed by atoms with Crippen LogP contribution in [-0.4, -0.2) is 15.5 Å². The molecule has 1 atom stereocenters. The summed E-state index contributed by atoms with van der Waals surface area (Å²) in [6.45, 7) is 4.11. The molecule has 6 heteroatoms. The van der Waals surface area contributed by atoms with Crippen LogP contribution in [0.1, 0.15) is 31.6 Å². The number of thioether (sulfide) groups is 1. The van der Waals surface area contributed by atoms with Crippen molar-refractivity contribution in [3.05, 3.63) is 46.2 Å². The lowest BCUT2D eigenvalue weighted by Crippen LogP contribution is -2.20. The van der Waals surface area contributed by atoms with E-state index in [1.165, 1.54) is 0 Å². The van der Waals surface area contributed by atoms with Gasteiger partial charge in [-0.1, -0.05) is 35.3 Å². The summed E-state index contributed by atoms with van der Waals surface area (Å²) in [7, 11) is 0. The van der Waals surface area contributed by atoms with E-state index >= 15 is 0 Å². The van der Waals surface area contributed by atoms with Crippen LogP contribution < -0.4 is 5.73 Å². The summed E-state index contributed by atoms with van der Waals surface area (Å²) in [4.78, 5) is 1.02. The molecule has 1 heterocycles. The lowest BCUT2D eigenvalue weighted by molar-refractivity contribution is 0.495. The van der Waals surface area contributed by atoms with Gasteiger partial charge in [-0.05, 0) is 26.0 Å². The van der Waals surface area contributed by atoms with Crippen molar-refractivity contribution in [3.63, 3.8) is 0 Å². The first-order valence-corrected chi connectivity index (χ1v) is 8.10. The zero-order chi connectivity index (χ0) is 14.7. The molecule has 1 aromatic heterocycles. The van der Waals surface area contributed by atoms with Gasteiger partial charge in [-0.25, -0.2) is 0 Å². The van der Waals surface area contributed by atoms with E-state index in [1.54, 1.807) is 18.0 Å². The number of rotatable bonds is 5. The molecule has 20 heavy (non-hydrogen) atoms. The second kappa shape index (κ2) is 6.85. The quantitative estimate of drug-likeness (QED) is 0.817. The van der Waals surface area contributed by atoms with Crippen molar-refractivity contribution in [1.82, 2.24) is 9.78 Å². The van der Waals surface area contributed by atoms with Gasteiger partial charge in [0.25, 0.3) is 0 Å². The van der Waals surface area contributed by atoms with E-state index in [0.717, 1.165) is 15.6 Å². The molecular weight excluding hydrogens is 313 g/mol. The molecule has 0 amide bonds. The Bertz CT molecular complexity index is 584. The molecular formula is C14H17Cl2N3S. The predicted molar refractivity (Wildman–Crippen MR) is 86.7 cm³/mol. The third kappa shape index (κ3) is 3.50. The zero-order valence-corrected chi connectivity index (χ0v) is 13.7. The fourth-order valence-electron chi connectivity index (χ4n) is 1.93. The minimum Gasteiger partial charge on any atom is -0.322 e. The smallest absolute Gasteiger partial charge is 0.0834 e. The summed E-state index contributed by atoms with van der Waals surface area (Å²) in [6, 6.07) is 7.78. The highest BCUT2D eigenvalue weighted by Gasteiger charge is 2.19. The van der Waals surface area contributed by atoms with Gasteiger partial charge in [0.05, 0.1) is 28.0 Å². The SMILES string of the molecule is CC(C)n1ncc(Cl)c1C(N)CSc1ccccc1Cl. The van der Waals surface area contributed by atoms with Gasteiger partial charge in [-0.2, -0.15) is 5.10 Å². The third-order valence-corrected chi connectivity index (χ3v) is 4.81. The van der Waals surface area contributed by atoms with Gasteiger partial charge in [0, 0.05) is 16.7 Å². The van der Waals surface area contributed by atoms with Crippen LogP contribution in [0.4, 0.5) is 0 Å². The average molecular weight is 330 g/mol. The number of aromatic nitrogens is 2. The molecule has 1 unspecified atom stereocenters. The zero-order valence-electron chi connectivity index (χ0n) is 11.4. The Labute approximate surface area is 133 Å². The van der Waals surface area contributed by atoms with Gasteiger partial charge in [-0.3, -0.25) is 4.68 Å². The molecule has 0 aliphatic carbocycles. The van der Waals surface area contributed by atoms with Crippen molar-refractivity contribution >= 4 is 35.0 Å². The molecule has 0 radical (unpaired) electrons. The van der Waals surface area contributed by atoms with Gasteiger partial charge in [0.2, 0.25) is 0 Å². The average Bonchev–Trinajstić information content (AvgIpc) is 2.79. The van der Waals surface area contributed by atoms with E-state index in [9.17, 15) is 0 Å². The van der Waals surface area contributed by atoms with Crippen molar-refractivity contribution in [2.75, 3.05) is 5.75 Å². The topological polar surface area (TPSA) is 43.8 Å². The summed E-state index contributed by atoms with van der Waals surface area (Å²) in [6.07, 6.45) is 1.65. The molecule has 108 valence electrons. The molecule has 3 nitrogen and oxygen atoms in total. The van der Waals surface area contributed by atoms with Crippen LogP contribution in [0.2, 0.25) is 10.0 Å². The fourth-order valence-corrected chi connectivity index (χ4v) is 3.40. The van der Waals surface area contributed by atoms with Crippen molar-refractivity contribution in [2.24, 2.45) is 5.73 Å². The number of hydrogen-bond acceptors (Lipinski definition) is 3. The Morgan fingerprint density at radius 3 is 2.60 bits per heavy atom. The number of nitrogens with zero attached hydrogens (tertiary/aromatic N) is 2. The molecule has 0 spiro atoms. The van der Waals surface area contributed by atoms with Crippen LogP contribution >= 0.6 is 35.0 Å². The number of hydrogen-bond donors (Lipinski definition) is 1. The summed E-state index contributed by atoms with van der Waals surface area (Å²) >= 11 is 14.0. The first-order valence-electron chi connectivity index (χ1n) is 6.36. The predicted octanol–water partition coefficient (Wildman–Crippen LogP) is 4.56. The summed E-state index contributed by atoms with van der Waals surface area (Å²) in [5.74, 6) is 0.696. The lowest BCUT2D eigenvalue weighted by atomic mass is 10.2. The second-order valence-corrected chi connectivity index (χ2v) is 6.64. The molecule has 0 saturated heterocycles. The van der Waals surface area contributed by atoms with Crippen LogP contribution in [0.3, 0.4) is 0 Å².